The lowest BCUT2D eigenvalue weighted by Gasteiger charge is -2.03. The van der Waals surface area contributed by atoms with Crippen LogP contribution in [-0.4, -0.2) is 20.9 Å². The van der Waals surface area contributed by atoms with E-state index in [1.165, 1.54) is 4.68 Å². The minimum atomic E-state index is -1.13. The summed E-state index contributed by atoms with van der Waals surface area (Å²) in [6.45, 7) is 1.72. The summed E-state index contributed by atoms with van der Waals surface area (Å²) in [5.41, 5.74) is 7.23. The van der Waals surface area contributed by atoms with Gasteiger partial charge in [-0.3, -0.25) is 0 Å². The smallest absolute Gasteiger partial charge is 0.342 e. The fourth-order valence-corrected chi connectivity index (χ4v) is 2.62. The van der Waals surface area contributed by atoms with E-state index in [0.29, 0.717) is 16.8 Å². The van der Waals surface area contributed by atoms with Gasteiger partial charge in [-0.05, 0) is 35.0 Å². The second-order valence-corrected chi connectivity index (χ2v) is 5.13. The van der Waals surface area contributed by atoms with Crippen LogP contribution in [0, 0.1) is 6.92 Å². The summed E-state index contributed by atoms with van der Waals surface area (Å²) in [5, 5.41) is 14.0. The summed E-state index contributed by atoms with van der Waals surface area (Å²) in [5.74, 6) is -1.25. The van der Waals surface area contributed by atoms with Gasteiger partial charge in [0, 0.05) is 4.47 Å². The van der Waals surface area contributed by atoms with Crippen LogP contribution in [0.4, 0.5) is 5.88 Å². The monoisotopic (exact) mass is 335 g/mol. The normalized spacial score (nSPS) is 11.1. The number of aromatic carboxylic acids is 1. The van der Waals surface area contributed by atoms with Crippen molar-refractivity contribution in [3.8, 4) is 5.69 Å². The van der Waals surface area contributed by atoms with Gasteiger partial charge in [-0.25, -0.2) is 4.79 Å². The van der Waals surface area contributed by atoms with E-state index >= 15 is 0 Å². The third kappa shape index (κ3) is 1.70. The molecule has 3 rings (SSSR count). The standard InChI is InChI=1S/C13H10BrN3O3/c1-6-9-10(13(18)19)11(15)20-12(9)17(16-6)8-5-3-2-4-7(8)14/h2-5H,15H2,1H3,(H,18,19). The summed E-state index contributed by atoms with van der Waals surface area (Å²) in [7, 11) is 0. The van der Waals surface area contributed by atoms with E-state index < -0.39 is 5.97 Å². The summed E-state index contributed by atoms with van der Waals surface area (Å²) in [6.07, 6.45) is 0. The highest BCUT2D eigenvalue weighted by Crippen LogP contribution is 2.33. The highest BCUT2D eigenvalue weighted by Gasteiger charge is 2.25. The summed E-state index contributed by atoms with van der Waals surface area (Å²) in [4.78, 5) is 11.3. The van der Waals surface area contributed by atoms with Gasteiger partial charge in [0.15, 0.2) is 0 Å². The fraction of sp³-hybridized carbons (Fsp3) is 0.0769. The van der Waals surface area contributed by atoms with Crippen molar-refractivity contribution >= 4 is 38.9 Å². The van der Waals surface area contributed by atoms with Crippen molar-refractivity contribution in [1.82, 2.24) is 9.78 Å². The zero-order valence-corrected chi connectivity index (χ0v) is 12.0. The second-order valence-electron chi connectivity index (χ2n) is 4.28. The Morgan fingerprint density at radius 1 is 1.45 bits per heavy atom. The van der Waals surface area contributed by atoms with Crippen molar-refractivity contribution in [2.75, 3.05) is 5.73 Å². The van der Waals surface area contributed by atoms with Crippen LogP contribution in [-0.2, 0) is 0 Å². The van der Waals surface area contributed by atoms with Crippen LogP contribution in [0.2, 0.25) is 0 Å². The van der Waals surface area contributed by atoms with Crippen molar-refractivity contribution in [3.05, 3.63) is 40.0 Å². The van der Waals surface area contributed by atoms with Gasteiger partial charge < -0.3 is 15.3 Å². The van der Waals surface area contributed by atoms with Crippen molar-refractivity contribution in [2.24, 2.45) is 0 Å². The number of furan rings is 1. The zero-order valence-electron chi connectivity index (χ0n) is 10.4. The third-order valence-electron chi connectivity index (χ3n) is 3.02. The maximum atomic E-state index is 11.3. The molecule has 0 radical (unpaired) electrons. The van der Waals surface area contributed by atoms with Gasteiger partial charge in [-0.15, -0.1) is 0 Å². The van der Waals surface area contributed by atoms with Crippen molar-refractivity contribution in [3.63, 3.8) is 0 Å². The van der Waals surface area contributed by atoms with Crippen LogP contribution in [0.3, 0.4) is 0 Å². The van der Waals surface area contributed by atoms with Crippen LogP contribution in [0.1, 0.15) is 16.1 Å². The number of anilines is 1. The molecule has 6 nitrogen and oxygen atoms in total. The van der Waals surface area contributed by atoms with Crippen molar-refractivity contribution in [1.29, 1.82) is 0 Å². The molecule has 0 aliphatic rings. The lowest BCUT2D eigenvalue weighted by atomic mass is 10.2. The first kappa shape index (κ1) is 12.7. The first-order valence-electron chi connectivity index (χ1n) is 5.76. The number of fused-ring (bicyclic) bond motifs is 1. The number of carboxylic acid groups (broad SMARTS) is 1. The Kier molecular flexibility index (Phi) is 2.79. The average Bonchev–Trinajstić information content (AvgIpc) is 2.87. The molecule has 3 aromatic rings. The third-order valence-corrected chi connectivity index (χ3v) is 3.69. The molecule has 0 unspecified atom stereocenters. The predicted molar refractivity (Wildman–Crippen MR) is 77.1 cm³/mol. The molecule has 0 bridgehead atoms. The van der Waals surface area contributed by atoms with E-state index in [4.69, 9.17) is 10.2 Å². The molecule has 0 saturated carbocycles. The number of rotatable bonds is 2. The van der Waals surface area contributed by atoms with Gasteiger partial charge in [0.05, 0.1) is 16.8 Å². The molecule has 1 aromatic carbocycles. The van der Waals surface area contributed by atoms with Crippen LogP contribution < -0.4 is 5.73 Å². The molecule has 0 atom stereocenters. The maximum absolute atomic E-state index is 11.3. The maximum Gasteiger partial charge on any atom is 0.342 e. The highest BCUT2D eigenvalue weighted by atomic mass is 79.9. The predicted octanol–water partition coefficient (Wildman–Crippen LogP) is 2.97. The number of nitrogens with two attached hydrogens (primary N) is 1. The van der Waals surface area contributed by atoms with E-state index in [-0.39, 0.29) is 11.4 Å². The lowest BCUT2D eigenvalue weighted by Crippen LogP contribution is -2.00. The number of carbonyl (C=O) groups is 1. The lowest BCUT2D eigenvalue weighted by molar-refractivity contribution is 0.0699. The minimum Gasteiger partial charge on any atom is -0.477 e. The van der Waals surface area contributed by atoms with Gasteiger partial charge >= 0.3 is 5.97 Å². The highest BCUT2D eigenvalue weighted by molar-refractivity contribution is 9.10. The second kappa shape index (κ2) is 4.38. The molecule has 0 aliphatic heterocycles. The molecule has 3 N–H and O–H groups in total. The minimum absolute atomic E-state index is 0.0456. The number of aryl methyl sites for hydroxylation is 1. The Hall–Kier alpha value is -2.28. The molecule has 0 fully saturated rings. The molecule has 0 aliphatic carbocycles. The SMILES string of the molecule is Cc1nn(-c2ccccc2Br)c2oc(N)c(C(=O)O)c12. The van der Waals surface area contributed by atoms with Gasteiger partial charge in [0.2, 0.25) is 11.6 Å². The molecule has 0 spiro atoms. The summed E-state index contributed by atoms with van der Waals surface area (Å²) < 4.78 is 7.75. The Labute approximate surface area is 121 Å². The quantitative estimate of drug-likeness (QED) is 0.750. The first-order valence-corrected chi connectivity index (χ1v) is 6.55. The Morgan fingerprint density at radius 2 is 2.15 bits per heavy atom. The van der Waals surface area contributed by atoms with Crippen molar-refractivity contribution in [2.45, 2.75) is 6.92 Å². The molecular formula is C13H10BrN3O3. The van der Waals surface area contributed by atoms with Crippen LogP contribution in [0.15, 0.2) is 33.2 Å². The molecule has 2 aromatic heterocycles. The van der Waals surface area contributed by atoms with E-state index in [1.54, 1.807) is 6.92 Å². The van der Waals surface area contributed by atoms with Gasteiger partial charge in [-0.2, -0.15) is 9.78 Å². The summed E-state index contributed by atoms with van der Waals surface area (Å²) in [6, 6.07) is 7.44. The molecule has 102 valence electrons. The van der Waals surface area contributed by atoms with E-state index in [1.807, 2.05) is 24.3 Å². The van der Waals surface area contributed by atoms with Crippen LogP contribution in [0.25, 0.3) is 16.8 Å². The number of halogens is 1. The molecule has 7 heteroatoms. The molecule has 20 heavy (non-hydrogen) atoms. The Bertz CT molecular complexity index is 835. The number of nitrogen functional groups attached to an aromatic ring is 1. The number of hydrogen-bond donors (Lipinski definition) is 2. The van der Waals surface area contributed by atoms with Crippen LogP contribution in [0.5, 0.6) is 0 Å². The molecule has 0 saturated heterocycles. The number of nitrogens with zero attached hydrogens (tertiary/aromatic N) is 2. The number of para-hydroxylation sites is 1. The molecule has 0 amide bonds. The number of benzene rings is 1. The van der Waals surface area contributed by atoms with E-state index in [9.17, 15) is 9.90 Å². The van der Waals surface area contributed by atoms with Gasteiger partial charge in [0.25, 0.3) is 0 Å². The van der Waals surface area contributed by atoms with E-state index in [2.05, 4.69) is 21.0 Å². The fourth-order valence-electron chi connectivity index (χ4n) is 2.17. The average molecular weight is 336 g/mol. The van der Waals surface area contributed by atoms with Gasteiger partial charge in [0.1, 0.15) is 5.56 Å². The zero-order chi connectivity index (χ0) is 14.4. The number of aromatic nitrogens is 2. The van der Waals surface area contributed by atoms with Crippen LogP contribution >= 0.6 is 15.9 Å². The largest absolute Gasteiger partial charge is 0.477 e. The van der Waals surface area contributed by atoms with E-state index in [0.717, 1.165) is 10.2 Å². The topological polar surface area (TPSA) is 94.3 Å². The Balaban J connectivity index is 2.38. The summed E-state index contributed by atoms with van der Waals surface area (Å²) >= 11 is 3.43. The molecule has 2 heterocycles. The van der Waals surface area contributed by atoms with Gasteiger partial charge in [-0.1, -0.05) is 12.1 Å². The molecular weight excluding hydrogens is 326 g/mol. The number of carboxylic acids is 1. The van der Waals surface area contributed by atoms with Crippen molar-refractivity contribution < 1.29 is 14.3 Å². The number of hydrogen-bond acceptors (Lipinski definition) is 4. The Morgan fingerprint density at radius 3 is 2.80 bits per heavy atom. The first-order chi connectivity index (χ1) is 9.50.